The zero-order valence-electron chi connectivity index (χ0n) is 18.9. The van der Waals surface area contributed by atoms with Crippen LogP contribution in [0.2, 0.25) is 0 Å². The fraction of sp³-hybridized carbons (Fsp3) is 0.115. The van der Waals surface area contributed by atoms with E-state index >= 15 is 0 Å². The number of fused-ring (bicyclic) bond motifs is 1. The van der Waals surface area contributed by atoms with Gasteiger partial charge in [-0.1, -0.05) is 42.0 Å². The van der Waals surface area contributed by atoms with Crippen molar-refractivity contribution in [3.63, 3.8) is 0 Å². The summed E-state index contributed by atoms with van der Waals surface area (Å²) in [6.07, 6.45) is 0. The van der Waals surface area contributed by atoms with Crippen LogP contribution in [0.1, 0.15) is 33.2 Å². The van der Waals surface area contributed by atoms with Crippen molar-refractivity contribution in [2.24, 2.45) is 10.2 Å². The molecule has 0 radical (unpaired) electrons. The van der Waals surface area contributed by atoms with E-state index in [4.69, 9.17) is 11.3 Å². The van der Waals surface area contributed by atoms with Gasteiger partial charge in [0.25, 0.3) is 5.91 Å². The quantitative estimate of drug-likeness (QED) is 0.170. The maximum absolute atomic E-state index is 13.0. The molecular weight excluding hydrogens is 464 g/mol. The Labute approximate surface area is 205 Å². The van der Waals surface area contributed by atoms with Crippen molar-refractivity contribution < 1.29 is 19.4 Å². The minimum absolute atomic E-state index is 0.0225. The number of aryl methyl sites for hydroxylation is 1. The highest BCUT2D eigenvalue weighted by molar-refractivity contribution is 7.15. The largest absolute Gasteiger partial charge is 0.505 e. The first kappa shape index (κ1) is 23.6. The van der Waals surface area contributed by atoms with Gasteiger partial charge in [0.05, 0.1) is 24.3 Å². The highest BCUT2D eigenvalue weighted by Gasteiger charge is 2.21. The number of ether oxygens (including phenoxy) is 1. The van der Waals surface area contributed by atoms with E-state index in [1.54, 1.807) is 43.3 Å². The number of hydrogen-bond donors (Lipinski definition) is 2. The van der Waals surface area contributed by atoms with Crippen molar-refractivity contribution in [1.82, 2.24) is 0 Å². The standard InChI is InChI=1S/C26H20N4O4S/c1-4-34-26(33)20-14-35-25(22(20)27-3)30-29-21-18-8-6-5-7-16(18)13-19(23(21)31)24(32)28-17-11-9-15(2)10-12-17/h5-14,31H,4H2,1-2H3,(H,28,32)/b30-29+. The van der Waals surface area contributed by atoms with E-state index in [0.29, 0.717) is 16.5 Å². The molecule has 0 unspecified atom stereocenters. The van der Waals surface area contributed by atoms with Crippen LogP contribution in [0.15, 0.2) is 70.2 Å². The number of anilines is 1. The molecular formula is C26H20N4O4S. The molecule has 0 saturated carbocycles. The number of phenols is 1. The van der Waals surface area contributed by atoms with Crippen molar-refractivity contribution in [1.29, 1.82) is 0 Å². The molecule has 0 saturated heterocycles. The van der Waals surface area contributed by atoms with Crippen LogP contribution in [0.3, 0.4) is 0 Å². The summed E-state index contributed by atoms with van der Waals surface area (Å²) in [4.78, 5) is 28.5. The van der Waals surface area contributed by atoms with Gasteiger partial charge in [-0.05, 0) is 42.8 Å². The number of nitrogens with one attached hydrogen (secondary N) is 1. The summed E-state index contributed by atoms with van der Waals surface area (Å²) in [5.41, 5.74) is 1.89. The average molecular weight is 485 g/mol. The predicted molar refractivity (Wildman–Crippen MR) is 135 cm³/mol. The molecule has 1 amide bonds. The number of carbonyl (C=O) groups is 2. The van der Waals surface area contributed by atoms with Crippen molar-refractivity contribution in [2.45, 2.75) is 13.8 Å². The normalized spacial score (nSPS) is 10.9. The average Bonchev–Trinajstić information content (AvgIpc) is 3.27. The third-order valence-electron chi connectivity index (χ3n) is 5.14. The number of esters is 1. The zero-order chi connectivity index (χ0) is 24.9. The lowest BCUT2D eigenvalue weighted by atomic mass is 10.0. The van der Waals surface area contributed by atoms with Gasteiger partial charge in [0.1, 0.15) is 10.7 Å². The van der Waals surface area contributed by atoms with Crippen LogP contribution < -0.4 is 5.32 Å². The van der Waals surface area contributed by atoms with Crippen LogP contribution in [0.25, 0.3) is 15.6 Å². The molecule has 1 aromatic heterocycles. The zero-order valence-corrected chi connectivity index (χ0v) is 19.7. The number of benzene rings is 3. The lowest BCUT2D eigenvalue weighted by Gasteiger charge is -2.11. The first-order chi connectivity index (χ1) is 16.9. The Morgan fingerprint density at radius 1 is 1.11 bits per heavy atom. The van der Waals surface area contributed by atoms with E-state index < -0.39 is 11.9 Å². The highest BCUT2D eigenvalue weighted by Crippen LogP contribution is 2.43. The molecule has 0 aliphatic rings. The van der Waals surface area contributed by atoms with Gasteiger partial charge >= 0.3 is 5.97 Å². The van der Waals surface area contributed by atoms with Crippen LogP contribution in [0.4, 0.5) is 22.1 Å². The second kappa shape index (κ2) is 10.2. The maximum atomic E-state index is 13.0. The third kappa shape index (κ3) is 4.88. The summed E-state index contributed by atoms with van der Waals surface area (Å²) in [5, 5.41) is 25.1. The molecule has 8 nitrogen and oxygen atoms in total. The summed E-state index contributed by atoms with van der Waals surface area (Å²) < 4.78 is 4.99. The molecule has 2 N–H and O–H groups in total. The molecule has 0 aliphatic heterocycles. The maximum Gasteiger partial charge on any atom is 0.328 e. The summed E-state index contributed by atoms with van der Waals surface area (Å²) in [5.74, 6) is -1.46. The first-order valence-electron chi connectivity index (χ1n) is 10.6. The van der Waals surface area contributed by atoms with Crippen molar-refractivity contribution in [2.75, 3.05) is 11.9 Å². The Hall–Kier alpha value is -4.55. The number of thiophene rings is 1. The Morgan fingerprint density at radius 2 is 1.86 bits per heavy atom. The summed E-state index contributed by atoms with van der Waals surface area (Å²) >= 11 is 1.06. The second-order valence-electron chi connectivity index (χ2n) is 7.50. The fourth-order valence-electron chi connectivity index (χ4n) is 3.40. The summed E-state index contributed by atoms with van der Waals surface area (Å²) in [7, 11) is 0. The molecule has 4 rings (SSSR count). The Kier molecular flexibility index (Phi) is 6.85. The minimum Gasteiger partial charge on any atom is -0.505 e. The molecule has 1 heterocycles. The molecule has 4 aromatic rings. The molecule has 0 bridgehead atoms. The molecule has 0 aliphatic carbocycles. The van der Waals surface area contributed by atoms with E-state index in [1.807, 2.05) is 25.1 Å². The number of carbonyl (C=O) groups excluding carboxylic acids is 2. The second-order valence-corrected chi connectivity index (χ2v) is 8.36. The van der Waals surface area contributed by atoms with Gasteiger partial charge in [0, 0.05) is 11.1 Å². The van der Waals surface area contributed by atoms with E-state index in [0.717, 1.165) is 16.9 Å². The van der Waals surface area contributed by atoms with Gasteiger partial charge in [-0.3, -0.25) is 4.79 Å². The Balaban J connectivity index is 1.75. The molecule has 0 spiro atoms. The van der Waals surface area contributed by atoms with Crippen LogP contribution in [-0.2, 0) is 4.74 Å². The highest BCUT2D eigenvalue weighted by atomic mass is 32.1. The van der Waals surface area contributed by atoms with E-state index in [1.165, 1.54) is 5.38 Å². The SMILES string of the molecule is [C-]#[N+]c1c(C(=O)OCC)csc1/N=N/c1c(O)c(C(=O)Nc2ccc(C)cc2)cc2ccccc12. The summed E-state index contributed by atoms with van der Waals surface area (Å²) in [6, 6.07) is 16.0. The third-order valence-corrected chi connectivity index (χ3v) is 6.00. The van der Waals surface area contributed by atoms with Gasteiger partial charge in [-0.25, -0.2) is 9.64 Å². The molecule has 0 atom stereocenters. The van der Waals surface area contributed by atoms with Crippen LogP contribution in [-0.4, -0.2) is 23.6 Å². The number of hydrogen-bond acceptors (Lipinski definition) is 7. The molecule has 9 heteroatoms. The number of phenolic OH excluding ortho intramolecular Hbond substituents is 1. The number of rotatable bonds is 6. The lowest BCUT2D eigenvalue weighted by molar-refractivity contribution is 0.0528. The lowest BCUT2D eigenvalue weighted by Crippen LogP contribution is -2.12. The van der Waals surface area contributed by atoms with E-state index in [9.17, 15) is 14.7 Å². The smallest absolute Gasteiger partial charge is 0.328 e. The van der Waals surface area contributed by atoms with Gasteiger partial charge < -0.3 is 15.2 Å². The molecule has 3 aromatic carbocycles. The summed E-state index contributed by atoms with van der Waals surface area (Å²) in [6.45, 7) is 11.3. The van der Waals surface area contributed by atoms with Gasteiger partial charge in [0.15, 0.2) is 5.75 Å². The topological polar surface area (TPSA) is 105 Å². The van der Waals surface area contributed by atoms with Crippen LogP contribution in [0.5, 0.6) is 5.75 Å². The number of amides is 1. The minimum atomic E-state index is -0.612. The van der Waals surface area contributed by atoms with Crippen LogP contribution in [0, 0.1) is 13.5 Å². The molecule has 174 valence electrons. The van der Waals surface area contributed by atoms with E-state index in [2.05, 4.69) is 20.4 Å². The molecule has 35 heavy (non-hydrogen) atoms. The van der Waals surface area contributed by atoms with E-state index in [-0.39, 0.29) is 39.9 Å². The van der Waals surface area contributed by atoms with Crippen molar-refractivity contribution >= 4 is 56.0 Å². The van der Waals surface area contributed by atoms with Crippen molar-refractivity contribution in [3.8, 4) is 5.75 Å². The number of aromatic hydroxyl groups is 1. The number of azo groups is 1. The number of nitrogens with zero attached hydrogens (tertiary/aromatic N) is 3. The Bertz CT molecular complexity index is 1500. The fourth-order valence-corrected chi connectivity index (χ4v) is 4.19. The monoisotopic (exact) mass is 484 g/mol. The Morgan fingerprint density at radius 3 is 2.57 bits per heavy atom. The predicted octanol–water partition coefficient (Wildman–Crippen LogP) is 7.31. The first-order valence-corrected chi connectivity index (χ1v) is 11.5. The van der Waals surface area contributed by atoms with Crippen molar-refractivity contribution in [3.05, 3.63) is 88.1 Å². The van der Waals surface area contributed by atoms with Gasteiger partial charge in [0.2, 0.25) is 5.69 Å². The molecule has 0 fully saturated rings. The van der Waals surface area contributed by atoms with Gasteiger partial charge in [-0.2, -0.15) is 5.11 Å². The van der Waals surface area contributed by atoms with Gasteiger partial charge in [-0.15, -0.1) is 16.5 Å². The van der Waals surface area contributed by atoms with Crippen LogP contribution >= 0.6 is 11.3 Å².